The van der Waals surface area contributed by atoms with Crippen LogP contribution in [0.25, 0.3) is 0 Å². The fraction of sp³-hybridized carbons (Fsp3) is 0.857. The third-order valence-corrected chi connectivity index (χ3v) is 4.28. The Balaban J connectivity index is 1.60. The Kier molecular flexibility index (Phi) is 4.42. The maximum absolute atomic E-state index is 9.82. The van der Waals surface area contributed by atoms with Gasteiger partial charge in [-0.25, -0.2) is 0 Å². The molecule has 1 aliphatic heterocycles. The van der Waals surface area contributed by atoms with Crippen LogP contribution < -0.4 is 0 Å². The van der Waals surface area contributed by atoms with E-state index in [1.165, 1.54) is 38.8 Å². The zero-order valence-electron chi connectivity index (χ0n) is 10.3. The summed E-state index contributed by atoms with van der Waals surface area (Å²) in [4.78, 5) is 2.56. The molecule has 1 aliphatic carbocycles. The van der Waals surface area contributed by atoms with Gasteiger partial charge in [-0.3, -0.25) is 0 Å². The summed E-state index contributed by atoms with van der Waals surface area (Å²) in [6.07, 6.45) is 9.37. The molecular formula is C14H25NO. The number of nitrogens with zero attached hydrogens (tertiary/aromatic N) is 1. The van der Waals surface area contributed by atoms with E-state index in [1.54, 1.807) is 0 Å². The van der Waals surface area contributed by atoms with Gasteiger partial charge in [-0.1, -0.05) is 12.5 Å². The fourth-order valence-corrected chi connectivity index (χ4v) is 3.31. The Bertz CT molecular complexity index is 229. The topological polar surface area (TPSA) is 23.5 Å². The highest BCUT2D eigenvalue weighted by Crippen LogP contribution is 2.37. The van der Waals surface area contributed by atoms with Gasteiger partial charge in [0.25, 0.3) is 0 Å². The van der Waals surface area contributed by atoms with Crippen LogP contribution in [0.1, 0.15) is 38.5 Å². The van der Waals surface area contributed by atoms with Crippen molar-refractivity contribution in [2.24, 2.45) is 11.8 Å². The van der Waals surface area contributed by atoms with Gasteiger partial charge in [0.1, 0.15) is 0 Å². The van der Waals surface area contributed by atoms with E-state index < -0.39 is 0 Å². The Morgan fingerprint density at radius 1 is 1.19 bits per heavy atom. The molecule has 0 bridgehead atoms. The summed E-state index contributed by atoms with van der Waals surface area (Å²) < 4.78 is 0. The van der Waals surface area contributed by atoms with Gasteiger partial charge in [-0.2, -0.15) is 0 Å². The summed E-state index contributed by atoms with van der Waals surface area (Å²) in [6, 6.07) is 0. The third-order valence-electron chi connectivity index (χ3n) is 4.28. The van der Waals surface area contributed by atoms with E-state index in [0.717, 1.165) is 25.3 Å². The van der Waals surface area contributed by atoms with Crippen LogP contribution in [0.4, 0.5) is 0 Å². The van der Waals surface area contributed by atoms with Crippen molar-refractivity contribution in [3.8, 4) is 0 Å². The maximum Gasteiger partial charge on any atom is 0.0583 e. The number of aliphatic hydroxyl groups excluding tert-OH is 1. The molecule has 92 valence electrons. The first-order chi connectivity index (χ1) is 7.81. The lowest BCUT2D eigenvalue weighted by atomic mass is 10.00. The molecule has 3 atom stereocenters. The number of hydrogen-bond acceptors (Lipinski definition) is 2. The van der Waals surface area contributed by atoms with Crippen LogP contribution in [0.2, 0.25) is 0 Å². The van der Waals surface area contributed by atoms with Crippen LogP contribution in [0.5, 0.6) is 0 Å². The first-order valence-corrected chi connectivity index (χ1v) is 6.82. The van der Waals surface area contributed by atoms with Crippen molar-refractivity contribution in [3.05, 3.63) is 12.7 Å². The molecule has 2 fully saturated rings. The smallest absolute Gasteiger partial charge is 0.0583 e. The summed E-state index contributed by atoms with van der Waals surface area (Å²) in [5.74, 6) is 1.39. The number of unbranched alkanes of at least 4 members (excludes halogenated alkanes) is 3. The molecule has 0 aromatic rings. The van der Waals surface area contributed by atoms with Crippen LogP contribution in [0, 0.1) is 11.8 Å². The fourth-order valence-electron chi connectivity index (χ4n) is 3.31. The molecule has 0 aromatic carbocycles. The molecule has 1 saturated carbocycles. The van der Waals surface area contributed by atoms with Crippen molar-refractivity contribution in [2.45, 2.75) is 44.6 Å². The molecule has 2 rings (SSSR count). The molecule has 1 heterocycles. The minimum Gasteiger partial charge on any atom is -0.393 e. The second-order valence-corrected chi connectivity index (χ2v) is 5.47. The van der Waals surface area contributed by atoms with Crippen molar-refractivity contribution in [1.29, 1.82) is 0 Å². The van der Waals surface area contributed by atoms with E-state index in [9.17, 15) is 5.11 Å². The lowest BCUT2D eigenvalue weighted by Crippen LogP contribution is -2.25. The molecular weight excluding hydrogens is 198 g/mol. The van der Waals surface area contributed by atoms with Gasteiger partial charge in [-0.15, -0.1) is 6.58 Å². The maximum atomic E-state index is 9.82. The average Bonchev–Trinajstić information content (AvgIpc) is 2.81. The van der Waals surface area contributed by atoms with E-state index in [1.807, 2.05) is 6.08 Å². The molecule has 0 radical (unpaired) electrons. The van der Waals surface area contributed by atoms with Crippen LogP contribution in [0.3, 0.4) is 0 Å². The second kappa shape index (κ2) is 5.83. The predicted molar refractivity (Wildman–Crippen MR) is 67.3 cm³/mol. The average molecular weight is 223 g/mol. The quantitative estimate of drug-likeness (QED) is 0.552. The van der Waals surface area contributed by atoms with E-state index in [-0.39, 0.29) is 6.10 Å². The molecule has 1 N–H and O–H groups in total. The van der Waals surface area contributed by atoms with Crippen LogP contribution in [-0.4, -0.2) is 35.7 Å². The molecule has 0 amide bonds. The highest BCUT2D eigenvalue weighted by Gasteiger charge is 2.41. The van der Waals surface area contributed by atoms with Gasteiger partial charge < -0.3 is 10.0 Å². The molecule has 0 unspecified atom stereocenters. The summed E-state index contributed by atoms with van der Waals surface area (Å²) >= 11 is 0. The Morgan fingerprint density at radius 2 is 2.06 bits per heavy atom. The van der Waals surface area contributed by atoms with E-state index in [0.29, 0.717) is 5.92 Å². The van der Waals surface area contributed by atoms with Crippen molar-refractivity contribution < 1.29 is 5.11 Å². The van der Waals surface area contributed by atoms with E-state index in [4.69, 9.17) is 0 Å². The number of rotatable bonds is 6. The van der Waals surface area contributed by atoms with Gasteiger partial charge in [0.15, 0.2) is 0 Å². The molecule has 0 aromatic heterocycles. The van der Waals surface area contributed by atoms with E-state index in [2.05, 4.69) is 11.5 Å². The summed E-state index contributed by atoms with van der Waals surface area (Å²) in [7, 11) is 0. The molecule has 16 heavy (non-hydrogen) atoms. The molecule has 1 saturated heterocycles. The Hall–Kier alpha value is -0.340. The standard InChI is InChI=1S/C14H25NO/c1-2-3-4-5-6-9-15-10-12-7-8-14(16)13(12)11-15/h2,12-14,16H,1,3-11H2/t12-,13+,14-/m1/s1. The number of aliphatic hydroxyl groups is 1. The van der Waals surface area contributed by atoms with Crippen LogP contribution in [-0.2, 0) is 0 Å². The number of likely N-dealkylation sites (tertiary alicyclic amines) is 1. The number of fused-ring (bicyclic) bond motifs is 1. The second-order valence-electron chi connectivity index (χ2n) is 5.47. The Labute approximate surface area is 99.3 Å². The summed E-state index contributed by atoms with van der Waals surface area (Å²) in [6.45, 7) is 7.36. The van der Waals surface area contributed by atoms with Crippen molar-refractivity contribution >= 4 is 0 Å². The zero-order valence-corrected chi connectivity index (χ0v) is 10.3. The number of hydrogen-bond donors (Lipinski definition) is 1. The first kappa shape index (κ1) is 12.1. The highest BCUT2D eigenvalue weighted by molar-refractivity contribution is 4.93. The first-order valence-electron chi connectivity index (χ1n) is 6.82. The summed E-state index contributed by atoms with van der Waals surface area (Å²) in [5.41, 5.74) is 0. The normalized spacial score (nSPS) is 34.2. The molecule has 2 nitrogen and oxygen atoms in total. The zero-order chi connectivity index (χ0) is 11.4. The SMILES string of the molecule is C=CCCCCCN1C[C@H]2CC[C@@H](O)[C@H]2C1. The lowest BCUT2D eigenvalue weighted by Gasteiger charge is -2.17. The molecule has 0 spiro atoms. The molecule has 2 heteroatoms. The summed E-state index contributed by atoms with van der Waals surface area (Å²) in [5, 5.41) is 9.82. The minimum absolute atomic E-state index is 0.00392. The van der Waals surface area contributed by atoms with Crippen molar-refractivity contribution in [1.82, 2.24) is 4.90 Å². The highest BCUT2D eigenvalue weighted by atomic mass is 16.3. The van der Waals surface area contributed by atoms with Crippen LogP contribution in [0.15, 0.2) is 12.7 Å². The number of allylic oxidation sites excluding steroid dienone is 1. The third kappa shape index (κ3) is 2.86. The lowest BCUT2D eigenvalue weighted by molar-refractivity contribution is 0.124. The van der Waals surface area contributed by atoms with Crippen molar-refractivity contribution in [2.75, 3.05) is 19.6 Å². The van der Waals surface area contributed by atoms with Crippen LogP contribution >= 0.6 is 0 Å². The monoisotopic (exact) mass is 223 g/mol. The van der Waals surface area contributed by atoms with Crippen molar-refractivity contribution in [3.63, 3.8) is 0 Å². The van der Waals surface area contributed by atoms with Gasteiger partial charge >= 0.3 is 0 Å². The minimum atomic E-state index is -0.00392. The van der Waals surface area contributed by atoms with Gasteiger partial charge in [0.2, 0.25) is 0 Å². The van der Waals surface area contributed by atoms with Gasteiger partial charge in [0.05, 0.1) is 6.10 Å². The largest absolute Gasteiger partial charge is 0.393 e. The molecule has 2 aliphatic rings. The van der Waals surface area contributed by atoms with Gasteiger partial charge in [0, 0.05) is 19.0 Å². The van der Waals surface area contributed by atoms with E-state index >= 15 is 0 Å². The van der Waals surface area contributed by atoms with Gasteiger partial charge in [-0.05, 0) is 44.6 Å². The Morgan fingerprint density at radius 3 is 2.81 bits per heavy atom. The predicted octanol–water partition coefficient (Wildman–Crippen LogP) is 2.44.